The highest BCUT2D eigenvalue weighted by molar-refractivity contribution is 5.81. The first kappa shape index (κ1) is 10.3. The molecule has 0 fully saturated rings. The summed E-state index contributed by atoms with van der Waals surface area (Å²) in [6.07, 6.45) is 0.0283. The molecule has 0 bridgehead atoms. The van der Waals surface area contributed by atoms with Gasteiger partial charge in [-0.05, 0) is 13.0 Å². The predicted octanol–water partition coefficient (Wildman–Crippen LogP) is 1.52. The summed E-state index contributed by atoms with van der Waals surface area (Å²) in [5, 5.41) is 8.63. The van der Waals surface area contributed by atoms with Crippen molar-refractivity contribution in [1.82, 2.24) is 0 Å². The van der Waals surface area contributed by atoms with Gasteiger partial charge in [-0.15, -0.1) is 0 Å². The molecule has 0 saturated heterocycles. The maximum absolute atomic E-state index is 10.8. The molecular formula is C11H9NO4. The van der Waals surface area contributed by atoms with E-state index in [0.717, 1.165) is 0 Å². The van der Waals surface area contributed by atoms with Gasteiger partial charge in [-0.2, -0.15) is 5.26 Å². The maximum Gasteiger partial charge on any atom is 0.231 e. The van der Waals surface area contributed by atoms with Crippen LogP contribution in [0.1, 0.15) is 17.3 Å². The van der Waals surface area contributed by atoms with Gasteiger partial charge in [0.2, 0.25) is 6.79 Å². The normalized spacial score (nSPS) is 14.0. The predicted molar refractivity (Wildman–Crippen MR) is 53.7 cm³/mol. The fraction of sp³-hybridized carbons (Fsp3) is 0.273. The Morgan fingerprint density at radius 1 is 1.50 bits per heavy atom. The van der Waals surface area contributed by atoms with Crippen LogP contribution in [0.15, 0.2) is 12.1 Å². The number of carbonyl (C=O) groups is 1. The molecule has 1 aromatic carbocycles. The van der Waals surface area contributed by atoms with Crippen molar-refractivity contribution in [3.8, 4) is 23.3 Å². The van der Waals surface area contributed by atoms with Gasteiger partial charge in [0, 0.05) is 6.07 Å². The molecule has 0 aliphatic carbocycles. The third kappa shape index (κ3) is 1.77. The first-order chi connectivity index (χ1) is 7.74. The van der Waals surface area contributed by atoms with Crippen molar-refractivity contribution in [3.63, 3.8) is 0 Å². The van der Waals surface area contributed by atoms with Crippen molar-refractivity contribution >= 4 is 6.29 Å². The van der Waals surface area contributed by atoms with E-state index in [0.29, 0.717) is 29.1 Å². The Morgan fingerprint density at radius 2 is 2.19 bits per heavy atom. The van der Waals surface area contributed by atoms with Crippen LogP contribution in [-0.4, -0.2) is 19.2 Å². The highest BCUT2D eigenvalue weighted by Gasteiger charge is 2.18. The number of carbonyl (C=O) groups excluding carboxylic acids is 1. The molecule has 1 aliphatic heterocycles. The Balaban J connectivity index is 2.37. The van der Waals surface area contributed by atoms with E-state index in [1.807, 2.05) is 6.07 Å². The summed E-state index contributed by atoms with van der Waals surface area (Å²) < 4.78 is 15.6. The SMILES string of the molecule is CC(C#N)Oc1cc2c(cc1C=O)OCO2. The van der Waals surface area contributed by atoms with Crippen LogP contribution in [-0.2, 0) is 0 Å². The number of fused-ring (bicyclic) bond motifs is 1. The summed E-state index contributed by atoms with van der Waals surface area (Å²) in [5.41, 5.74) is 0.339. The number of hydrogen-bond acceptors (Lipinski definition) is 5. The Kier molecular flexibility index (Phi) is 2.64. The van der Waals surface area contributed by atoms with Crippen molar-refractivity contribution in [2.45, 2.75) is 13.0 Å². The van der Waals surface area contributed by atoms with E-state index in [-0.39, 0.29) is 6.79 Å². The number of ether oxygens (including phenoxy) is 3. The largest absolute Gasteiger partial charge is 0.475 e. The van der Waals surface area contributed by atoms with E-state index >= 15 is 0 Å². The Hall–Kier alpha value is -2.22. The zero-order chi connectivity index (χ0) is 11.5. The van der Waals surface area contributed by atoms with Gasteiger partial charge >= 0.3 is 0 Å². The van der Waals surface area contributed by atoms with Crippen molar-refractivity contribution in [1.29, 1.82) is 5.26 Å². The van der Waals surface area contributed by atoms with E-state index < -0.39 is 6.10 Å². The van der Waals surface area contributed by atoms with Gasteiger partial charge in [-0.25, -0.2) is 0 Å². The quantitative estimate of drug-likeness (QED) is 0.721. The smallest absolute Gasteiger partial charge is 0.231 e. The van der Waals surface area contributed by atoms with Gasteiger partial charge in [0.15, 0.2) is 23.9 Å². The molecule has 2 rings (SSSR count). The monoisotopic (exact) mass is 219 g/mol. The molecule has 82 valence electrons. The average molecular weight is 219 g/mol. The second-order valence-corrected chi connectivity index (χ2v) is 3.25. The molecule has 1 heterocycles. The van der Waals surface area contributed by atoms with Crippen LogP contribution >= 0.6 is 0 Å². The summed E-state index contributed by atoms with van der Waals surface area (Å²) in [6.45, 7) is 1.73. The molecule has 5 heteroatoms. The molecule has 0 radical (unpaired) electrons. The van der Waals surface area contributed by atoms with Crippen LogP contribution in [0.2, 0.25) is 0 Å². The Morgan fingerprint density at radius 3 is 2.81 bits per heavy atom. The van der Waals surface area contributed by atoms with Crippen LogP contribution in [0.25, 0.3) is 0 Å². The maximum atomic E-state index is 10.8. The summed E-state index contributed by atoms with van der Waals surface area (Å²) in [4.78, 5) is 10.8. The van der Waals surface area contributed by atoms with Crippen molar-refractivity contribution in [2.75, 3.05) is 6.79 Å². The highest BCUT2D eigenvalue weighted by atomic mass is 16.7. The second-order valence-electron chi connectivity index (χ2n) is 3.25. The topological polar surface area (TPSA) is 68.5 Å². The van der Waals surface area contributed by atoms with Gasteiger partial charge < -0.3 is 14.2 Å². The minimum atomic E-state index is -0.626. The van der Waals surface area contributed by atoms with Gasteiger partial charge in [0.1, 0.15) is 11.8 Å². The molecule has 1 atom stereocenters. The van der Waals surface area contributed by atoms with Crippen molar-refractivity contribution < 1.29 is 19.0 Å². The van der Waals surface area contributed by atoms with Crippen LogP contribution < -0.4 is 14.2 Å². The number of benzene rings is 1. The molecule has 0 saturated carbocycles. The van der Waals surface area contributed by atoms with Crippen LogP contribution in [0, 0.1) is 11.3 Å². The average Bonchev–Trinajstić information content (AvgIpc) is 2.74. The first-order valence-corrected chi connectivity index (χ1v) is 4.69. The molecular weight excluding hydrogens is 210 g/mol. The molecule has 1 aliphatic rings. The van der Waals surface area contributed by atoms with Gasteiger partial charge in [-0.3, -0.25) is 4.79 Å². The zero-order valence-corrected chi connectivity index (χ0v) is 8.60. The molecule has 1 unspecified atom stereocenters. The van der Waals surface area contributed by atoms with Crippen LogP contribution in [0.5, 0.6) is 17.2 Å². The van der Waals surface area contributed by atoms with Crippen LogP contribution in [0.3, 0.4) is 0 Å². The molecule has 0 amide bonds. The van der Waals surface area contributed by atoms with Crippen molar-refractivity contribution in [3.05, 3.63) is 17.7 Å². The Labute approximate surface area is 92.1 Å². The lowest BCUT2D eigenvalue weighted by atomic mass is 10.2. The van der Waals surface area contributed by atoms with E-state index in [2.05, 4.69) is 0 Å². The minimum absolute atomic E-state index is 0.130. The summed E-state index contributed by atoms with van der Waals surface area (Å²) in [7, 11) is 0. The third-order valence-corrected chi connectivity index (χ3v) is 2.12. The lowest BCUT2D eigenvalue weighted by molar-refractivity contribution is 0.111. The van der Waals surface area contributed by atoms with E-state index in [1.165, 1.54) is 6.07 Å². The molecule has 1 aromatic rings. The third-order valence-electron chi connectivity index (χ3n) is 2.12. The van der Waals surface area contributed by atoms with Crippen LogP contribution in [0.4, 0.5) is 0 Å². The zero-order valence-electron chi connectivity index (χ0n) is 8.60. The van der Waals surface area contributed by atoms with Crippen molar-refractivity contribution in [2.24, 2.45) is 0 Å². The lowest BCUT2D eigenvalue weighted by Crippen LogP contribution is -2.09. The number of nitrogens with zero attached hydrogens (tertiary/aromatic N) is 1. The fourth-order valence-corrected chi connectivity index (χ4v) is 1.35. The number of nitriles is 1. The first-order valence-electron chi connectivity index (χ1n) is 4.69. The standard InChI is InChI=1S/C11H9NO4/c1-7(4-12)16-9-3-11-10(14-6-15-11)2-8(9)5-13/h2-3,5,7H,6H2,1H3. The molecule has 0 spiro atoms. The van der Waals surface area contributed by atoms with Gasteiger partial charge in [-0.1, -0.05) is 0 Å². The minimum Gasteiger partial charge on any atom is -0.475 e. The molecule has 0 N–H and O–H groups in total. The molecule has 0 aromatic heterocycles. The number of rotatable bonds is 3. The van der Waals surface area contributed by atoms with Gasteiger partial charge in [0.25, 0.3) is 0 Å². The molecule has 16 heavy (non-hydrogen) atoms. The summed E-state index contributed by atoms with van der Waals surface area (Å²) in [5.74, 6) is 1.36. The van der Waals surface area contributed by atoms with Gasteiger partial charge in [0.05, 0.1) is 5.56 Å². The molecule has 5 nitrogen and oxygen atoms in total. The number of aldehydes is 1. The number of hydrogen-bond donors (Lipinski definition) is 0. The van der Waals surface area contributed by atoms with E-state index in [9.17, 15) is 4.79 Å². The van der Waals surface area contributed by atoms with E-state index in [1.54, 1.807) is 13.0 Å². The highest BCUT2D eigenvalue weighted by Crippen LogP contribution is 2.37. The Bertz CT molecular complexity index is 464. The lowest BCUT2D eigenvalue weighted by Gasteiger charge is -2.10. The fourth-order valence-electron chi connectivity index (χ4n) is 1.35. The summed E-state index contributed by atoms with van der Waals surface area (Å²) in [6, 6.07) is 5.01. The second kappa shape index (κ2) is 4.11. The summed E-state index contributed by atoms with van der Waals surface area (Å²) >= 11 is 0. The van der Waals surface area contributed by atoms with E-state index in [4.69, 9.17) is 19.5 Å².